The van der Waals surface area contributed by atoms with Crippen LogP contribution in [0.1, 0.15) is 32.1 Å². The van der Waals surface area contributed by atoms with Gasteiger partial charge in [-0.1, -0.05) is 6.42 Å². The summed E-state index contributed by atoms with van der Waals surface area (Å²) in [4.78, 5) is 0. The Bertz CT molecular complexity index is 313. The van der Waals surface area contributed by atoms with E-state index in [2.05, 4.69) is 10.0 Å². The van der Waals surface area contributed by atoms with E-state index in [4.69, 9.17) is 0 Å². The molecule has 0 unspecified atom stereocenters. The molecule has 1 heterocycles. The molecule has 0 spiro atoms. The molecule has 0 aromatic carbocycles. The third-order valence-electron chi connectivity index (χ3n) is 3.55. The van der Waals surface area contributed by atoms with Crippen molar-refractivity contribution in [3.05, 3.63) is 0 Å². The first-order valence-corrected chi connectivity index (χ1v) is 7.66. The zero-order chi connectivity index (χ0) is 10.9. The number of rotatable bonds is 2. The lowest BCUT2D eigenvalue weighted by atomic mass is 9.76. The Hall–Kier alpha value is -0.130. The van der Waals surface area contributed by atoms with E-state index in [0.717, 1.165) is 25.8 Å². The van der Waals surface area contributed by atoms with Crippen molar-refractivity contribution < 1.29 is 8.42 Å². The van der Waals surface area contributed by atoms with Crippen LogP contribution in [0.4, 0.5) is 0 Å². The molecule has 1 saturated carbocycles. The van der Waals surface area contributed by atoms with Gasteiger partial charge in [0.1, 0.15) is 0 Å². The van der Waals surface area contributed by atoms with Crippen molar-refractivity contribution >= 4 is 10.0 Å². The second-order valence-electron chi connectivity index (χ2n) is 4.79. The maximum atomic E-state index is 11.2. The minimum Gasteiger partial charge on any atom is -0.314 e. The minimum absolute atomic E-state index is 0.159. The molecule has 0 bridgehead atoms. The Morgan fingerprint density at radius 2 is 2.00 bits per heavy atom. The van der Waals surface area contributed by atoms with Crippen LogP contribution in [-0.4, -0.2) is 33.3 Å². The summed E-state index contributed by atoms with van der Waals surface area (Å²) >= 11 is 0. The molecule has 4 nitrogen and oxygen atoms in total. The number of hydrogen-bond donors (Lipinski definition) is 2. The second kappa shape index (κ2) is 4.39. The maximum Gasteiger partial charge on any atom is 0.208 e. The lowest BCUT2D eigenvalue weighted by Gasteiger charge is -2.41. The third-order valence-corrected chi connectivity index (χ3v) is 4.28. The Morgan fingerprint density at radius 1 is 1.20 bits per heavy atom. The maximum absolute atomic E-state index is 11.2. The van der Waals surface area contributed by atoms with E-state index in [1.54, 1.807) is 0 Å². The standard InChI is InChI=1S/C10H20N2O2S/c1-15(13,14)12-10-6-2-5-9-8(10)4-3-7-11-9/h8-12H,2-7H2,1H3/t8-,9-,10-/m1/s1. The number of fused-ring (bicyclic) bond motifs is 1. The van der Waals surface area contributed by atoms with Crippen LogP contribution in [0, 0.1) is 5.92 Å². The Kier molecular flexibility index (Phi) is 3.33. The normalized spacial score (nSPS) is 37.3. The minimum atomic E-state index is -3.05. The Morgan fingerprint density at radius 3 is 2.73 bits per heavy atom. The van der Waals surface area contributed by atoms with Gasteiger partial charge in [0, 0.05) is 12.1 Å². The number of sulfonamides is 1. The van der Waals surface area contributed by atoms with E-state index >= 15 is 0 Å². The lowest BCUT2D eigenvalue weighted by Crippen LogP contribution is -2.54. The van der Waals surface area contributed by atoms with Crippen molar-refractivity contribution in [3.63, 3.8) is 0 Å². The summed E-state index contributed by atoms with van der Waals surface area (Å²) in [5, 5.41) is 3.50. The van der Waals surface area contributed by atoms with Crippen LogP contribution >= 0.6 is 0 Å². The average Bonchev–Trinajstić information content (AvgIpc) is 2.16. The number of piperidine rings is 1. The Balaban J connectivity index is 2.03. The fourth-order valence-electron chi connectivity index (χ4n) is 2.97. The molecule has 0 radical (unpaired) electrons. The summed E-state index contributed by atoms with van der Waals surface area (Å²) in [7, 11) is -3.05. The van der Waals surface area contributed by atoms with E-state index in [0.29, 0.717) is 12.0 Å². The highest BCUT2D eigenvalue weighted by Crippen LogP contribution is 2.31. The van der Waals surface area contributed by atoms with Crippen LogP contribution in [0.25, 0.3) is 0 Å². The van der Waals surface area contributed by atoms with Crippen LogP contribution in [0.2, 0.25) is 0 Å². The highest BCUT2D eigenvalue weighted by atomic mass is 32.2. The molecule has 2 rings (SSSR count). The van der Waals surface area contributed by atoms with Gasteiger partial charge < -0.3 is 5.32 Å². The van der Waals surface area contributed by atoms with Crippen LogP contribution in [0.3, 0.4) is 0 Å². The lowest BCUT2D eigenvalue weighted by molar-refractivity contribution is 0.175. The number of nitrogens with one attached hydrogen (secondary N) is 2. The van der Waals surface area contributed by atoms with Gasteiger partial charge in [-0.2, -0.15) is 0 Å². The van der Waals surface area contributed by atoms with Crippen molar-refractivity contribution in [3.8, 4) is 0 Å². The first-order chi connectivity index (χ1) is 7.06. The van der Waals surface area contributed by atoms with Gasteiger partial charge in [-0.15, -0.1) is 0 Å². The SMILES string of the molecule is CS(=O)(=O)N[C@@H]1CCC[C@H]2NCCC[C@H]21. The summed E-state index contributed by atoms with van der Waals surface area (Å²) < 4.78 is 25.3. The van der Waals surface area contributed by atoms with Crippen LogP contribution in [0.15, 0.2) is 0 Å². The van der Waals surface area contributed by atoms with Crippen LogP contribution in [-0.2, 0) is 10.0 Å². The Labute approximate surface area is 91.9 Å². The smallest absolute Gasteiger partial charge is 0.208 e. The van der Waals surface area contributed by atoms with Gasteiger partial charge >= 0.3 is 0 Å². The fourth-order valence-corrected chi connectivity index (χ4v) is 3.81. The highest BCUT2D eigenvalue weighted by Gasteiger charge is 2.35. The molecule has 1 aliphatic carbocycles. The predicted octanol–water partition coefficient (Wildman–Crippen LogP) is 0.456. The molecule has 2 fully saturated rings. The zero-order valence-corrected chi connectivity index (χ0v) is 10.0. The second-order valence-corrected chi connectivity index (χ2v) is 6.57. The summed E-state index contributed by atoms with van der Waals surface area (Å²) in [6, 6.07) is 0.693. The molecule has 0 amide bonds. The van der Waals surface area contributed by atoms with Crippen molar-refractivity contribution in [2.75, 3.05) is 12.8 Å². The molecular weight excluding hydrogens is 212 g/mol. The van der Waals surface area contributed by atoms with Gasteiger partial charge in [0.2, 0.25) is 10.0 Å². The molecule has 2 N–H and O–H groups in total. The summed E-state index contributed by atoms with van der Waals surface area (Å²) in [5.74, 6) is 0.502. The summed E-state index contributed by atoms with van der Waals surface area (Å²) in [6.07, 6.45) is 6.91. The quantitative estimate of drug-likeness (QED) is 0.727. The van der Waals surface area contributed by atoms with Crippen molar-refractivity contribution in [2.24, 2.45) is 5.92 Å². The molecule has 0 aromatic heterocycles. The fraction of sp³-hybridized carbons (Fsp3) is 1.00. The topological polar surface area (TPSA) is 58.2 Å². The molecule has 0 aromatic rings. The van der Waals surface area contributed by atoms with E-state index in [9.17, 15) is 8.42 Å². The van der Waals surface area contributed by atoms with Crippen molar-refractivity contribution in [1.82, 2.24) is 10.0 Å². The largest absolute Gasteiger partial charge is 0.314 e. The van der Waals surface area contributed by atoms with Crippen molar-refractivity contribution in [1.29, 1.82) is 0 Å². The monoisotopic (exact) mass is 232 g/mol. The average molecular weight is 232 g/mol. The third kappa shape index (κ3) is 2.92. The molecule has 1 aliphatic heterocycles. The summed E-state index contributed by atoms with van der Waals surface area (Å²) in [5.41, 5.74) is 0. The van der Waals surface area contributed by atoms with Gasteiger partial charge in [-0.05, 0) is 38.1 Å². The molecule has 1 saturated heterocycles. The zero-order valence-electron chi connectivity index (χ0n) is 9.20. The van der Waals surface area contributed by atoms with Gasteiger partial charge in [-0.3, -0.25) is 0 Å². The van der Waals surface area contributed by atoms with Gasteiger partial charge in [0.25, 0.3) is 0 Å². The van der Waals surface area contributed by atoms with E-state index in [-0.39, 0.29) is 6.04 Å². The first kappa shape index (κ1) is 11.4. The van der Waals surface area contributed by atoms with Gasteiger partial charge in [-0.25, -0.2) is 13.1 Å². The molecule has 5 heteroatoms. The molecule has 2 aliphatic rings. The van der Waals surface area contributed by atoms with E-state index in [1.165, 1.54) is 19.1 Å². The van der Waals surface area contributed by atoms with Crippen molar-refractivity contribution in [2.45, 2.75) is 44.2 Å². The molecule has 3 atom stereocenters. The number of hydrogen-bond acceptors (Lipinski definition) is 3. The van der Waals surface area contributed by atoms with Gasteiger partial charge in [0.05, 0.1) is 6.26 Å². The summed E-state index contributed by atoms with van der Waals surface area (Å²) in [6.45, 7) is 1.09. The highest BCUT2D eigenvalue weighted by molar-refractivity contribution is 7.88. The molecule has 15 heavy (non-hydrogen) atoms. The van der Waals surface area contributed by atoms with Crippen LogP contribution < -0.4 is 10.0 Å². The van der Waals surface area contributed by atoms with Gasteiger partial charge in [0.15, 0.2) is 0 Å². The predicted molar refractivity (Wildman–Crippen MR) is 60.1 cm³/mol. The van der Waals surface area contributed by atoms with Crippen LogP contribution in [0.5, 0.6) is 0 Å². The van der Waals surface area contributed by atoms with E-state index in [1.807, 2.05) is 0 Å². The first-order valence-electron chi connectivity index (χ1n) is 5.77. The molecular formula is C10H20N2O2S. The van der Waals surface area contributed by atoms with E-state index < -0.39 is 10.0 Å². The molecule has 88 valence electrons.